The Bertz CT molecular complexity index is 315. The summed E-state index contributed by atoms with van der Waals surface area (Å²) in [7, 11) is 4.37. The van der Waals surface area contributed by atoms with Crippen LogP contribution in [0.15, 0.2) is 23.0 Å². The van der Waals surface area contributed by atoms with E-state index in [-0.39, 0.29) is 0 Å². The minimum atomic E-state index is 0.371. The third kappa shape index (κ3) is 2.15. The molecule has 0 bridgehead atoms. The van der Waals surface area contributed by atoms with Gasteiger partial charge in [-0.3, -0.25) is 0 Å². The minimum absolute atomic E-state index is 0.371. The van der Waals surface area contributed by atoms with Crippen molar-refractivity contribution in [2.24, 2.45) is 0 Å². The van der Waals surface area contributed by atoms with Crippen LogP contribution in [0.5, 0.6) is 0 Å². The molecule has 2 rings (SSSR count). The van der Waals surface area contributed by atoms with Crippen LogP contribution in [0.3, 0.4) is 0 Å². The van der Waals surface area contributed by atoms with Crippen LogP contribution in [-0.2, 0) is 0 Å². The Hall–Kier alpha value is -0.800. The molecule has 1 unspecified atom stereocenters. The minimum Gasteiger partial charge on any atom is -0.472 e. The smallest absolute Gasteiger partial charge is 0.0950 e. The summed E-state index contributed by atoms with van der Waals surface area (Å²) in [5, 5.41) is 3.61. The van der Waals surface area contributed by atoms with Gasteiger partial charge in [0.05, 0.1) is 12.5 Å². The molecule has 3 heteroatoms. The van der Waals surface area contributed by atoms with Crippen LogP contribution in [-0.4, -0.2) is 31.1 Å². The molecule has 1 saturated carbocycles. The van der Waals surface area contributed by atoms with Gasteiger partial charge in [-0.1, -0.05) is 0 Å². The van der Waals surface area contributed by atoms with E-state index in [1.165, 1.54) is 24.8 Å². The average molecular weight is 222 g/mol. The summed E-state index contributed by atoms with van der Waals surface area (Å²) < 4.78 is 5.10. The highest BCUT2D eigenvalue weighted by Gasteiger charge is 2.38. The highest BCUT2D eigenvalue weighted by Crippen LogP contribution is 2.35. The molecule has 1 atom stereocenters. The van der Waals surface area contributed by atoms with Crippen LogP contribution < -0.4 is 5.32 Å². The molecule has 0 radical (unpaired) electrons. The first kappa shape index (κ1) is 11.7. The lowest BCUT2D eigenvalue weighted by atomic mass is 9.75. The highest BCUT2D eigenvalue weighted by atomic mass is 16.3. The number of nitrogens with one attached hydrogen (secondary N) is 1. The zero-order valence-corrected chi connectivity index (χ0v) is 10.5. The van der Waals surface area contributed by atoms with Gasteiger partial charge < -0.3 is 14.6 Å². The van der Waals surface area contributed by atoms with Crippen molar-refractivity contribution in [2.45, 2.75) is 37.8 Å². The molecular weight excluding hydrogens is 200 g/mol. The second-order valence-electron chi connectivity index (χ2n) is 5.13. The Morgan fingerprint density at radius 1 is 1.50 bits per heavy atom. The van der Waals surface area contributed by atoms with Crippen LogP contribution >= 0.6 is 0 Å². The zero-order chi connectivity index (χ0) is 11.6. The van der Waals surface area contributed by atoms with Crippen LogP contribution in [0.4, 0.5) is 0 Å². The second-order valence-corrected chi connectivity index (χ2v) is 5.13. The van der Waals surface area contributed by atoms with Gasteiger partial charge in [-0.2, -0.15) is 0 Å². The molecular formula is C13H22N2O. The van der Waals surface area contributed by atoms with E-state index >= 15 is 0 Å². The standard InChI is InChI=1S/C13H22N2O/c1-11(12-5-8-16-9-12)14-10-13(15(2)3)6-4-7-13/h5,8-9,11,14H,4,6-7,10H2,1-3H3. The third-order valence-corrected chi connectivity index (χ3v) is 4.01. The van der Waals surface area contributed by atoms with Crippen molar-refractivity contribution < 1.29 is 4.42 Å². The summed E-state index contributed by atoms with van der Waals surface area (Å²) >= 11 is 0. The van der Waals surface area contributed by atoms with E-state index < -0.39 is 0 Å². The largest absolute Gasteiger partial charge is 0.472 e. The fraction of sp³-hybridized carbons (Fsp3) is 0.692. The van der Waals surface area contributed by atoms with E-state index in [0.717, 1.165) is 6.54 Å². The first-order valence-corrected chi connectivity index (χ1v) is 6.07. The van der Waals surface area contributed by atoms with Crippen LogP contribution in [0.2, 0.25) is 0 Å². The normalized spacial score (nSPS) is 20.8. The zero-order valence-electron chi connectivity index (χ0n) is 10.5. The Kier molecular flexibility index (Phi) is 3.36. The first-order chi connectivity index (χ1) is 7.64. The molecule has 0 aliphatic heterocycles. The maximum absolute atomic E-state index is 5.10. The molecule has 1 aromatic rings. The van der Waals surface area contributed by atoms with Gasteiger partial charge >= 0.3 is 0 Å². The molecule has 0 amide bonds. The molecule has 16 heavy (non-hydrogen) atoms. The van der Waals surface area contributed by atoms with Gasteiger partial charge in [0.2, 0.25) is 0 Å². The summed E-state index contributed by atoms with van der Waals surface area (Å²) in [6.45, 7) is 3.25. The number of hydrogen-bond donors (Lipinski definition) is 1. The van der Waals surface area contributed by atoms with E-state index in [1.807, 2.05) is 12.3 Å². The number of likely N-dealkylation sites (N-methyl/N-ethyl adjacent to an activating group) is 1. The summed E-state index contributed by atoms with van der Waals surface area (Å²) in [5.41, 5.74) is 1.62. The van der Waals surface area contributed by atoms with Gasteiger partial charge in [0.25, 0.3) is 0 Å². The lowest BCUT2D eigenvalue weighted by Gasteiger charge is -2.48. The van der Waals surface area contributed by atoms with Crippen molar-refractivity contribution in [1.82, 2.24) is 10.2 Å². The van der Waals surface area contributed by atoms with Gasteiger partial charge in [0, 0.05) is 23.7 Å². The van der Waals surface area contributed by atoms with Crippen LogP contribution in [0, 0.1) is 0 Å². The van der Waals surface area contributed by atoms with Crippen molar-refractivity contribution in [3.05, 3.63) is 24.2 Å². The predicted molar refractivity (Wildman–Crippen MR) is 65.4 cm³/mol. The number of furan rings is 1. The molecule has 90 valence electrons. The molecule has 1 aliphatic carbocycles. The fourth-order valence-corrected chi connectivity index (χ4v) is 2.35. The molecule has 3 nitrogen and oxygen atoms in total. The van der Waals surface area contributed by atoms with Crippen molar-refractivity contribution in [2.75, 3.05) is 20.6 Å². The monoisotopic (exact) mass is 222 g/mol. The second kappa shape index (κ2) is 4.60. The highest BCUT2D eigenvalue weighted by molar-refractivity contribution is 5.11. The van der Waals surface area contributed by atoms with Gasteiger partial charge in [0.1, 0.15) is 0 Å². The first-order valence-electron chi connectivity index (χ1n) is 6.07. The van der Waals surface area contributed by atoms with Crippen LogP contribution in [0.25, 0.3) is 0 Å². The number of hydrogen-bond acceptors (Lipinski definition) is 3. The molecule has 0 spiro atoms. The van der Waals surface area contributed by atoms with Crippen molar-refractivity contribution in [1.29, 1.82) is 0 Å². The maximum Gasteiger partial charge on any atom is 0.0950 e. The van der Waals surface area contributed by atoms with E-state index in [1.54, 1.807) is 6.26 Å². The summed E-state index contributed by atoms with van der Waals surface area (Å²) in [6.07, 6.45) is 7.54. The van der Waals surface area contributed by atoms with Crippen molar-refractivity contribution >= 4 is 0 Å². The molecule has 0 saturated heterocycles. The molecule has 1 aliphatic rings. The summed E-state index contributed by atoms with van der Waals surface area (Å²) in [6, 6.07) is 2.40. The predicted octanol–water partition coefficient (Wildman–Crippen LogP) is 2.41. The molecule has 1 heterocycles. The molecule has 0 aromatic carbocycles. The Morgan fingerprint density at radius 2 is 2.25 bits per heavy atom. The van der Waals surface area contributed by atoms with E-state index in [9.17, 15) is 0 Å². The lowest BCUT2D eigenvalue weighted by molar-refractivity contribution is 0.0576. The van der Waals surface area contributed by atoms with Crippen molar-refractivity contribution in [3.8, 4) is 0 Å². The average Bonchev–Trinajstić information content (AvgIpc) is 2.67. The SMILES string of the molecule is CC(NCC1(N(C)C)CCC1)c1ccoc1. The third-order valence-electron chi connectivity index (χ3n) is 4.01. The molecule has 1 fully saturated rings. The number of rotatable bonds is 5. The van der Waals surface area contributed by atoms with E-state index in [2.05, 4.69) is 31.2 Å². The van der Waals surface area contributed by atoms with Gasteiger partial charge in [-0.25, -0.2) is 0 Å². The van der Waals surface area contributed by atoms with Crippen LogP contribution in [0.1, 0.15) is 37.8 Å². The van der Waals surface area contributed by atoms with E-state index in [4.69, 9.17) is 4.42 Å². The summed E-state index contributed by atoms with van der Waals surface area (Å²) in [4.78, 5) is 2.37. The number of nitrogens with zero attached hydrogens (tertiary/aromatic N) is 1. The fourth-order valence-electron chi connectivity index (χ4n) is 2.35. The van der Waals surface area contributed by atoms with Gasteiger partial charge in [0.15, 0.2) is 0 Å². The summed E-state index contributed by atoms with van der Waals surface area (Å²) in [5.74, 6) is 0. The van der Waals surface area contributed by atoms with Gasteiger partial charge in [-0.15, -0.1) is 0 Å². The maximum atomic E-state index is 5.10. The molecule has 1 aromatic heterocycles. The Balaban J connectivity index is 1.87. The Morgan fingerprint density at radius 3 is 2.69 bits per heavy atom. The lowest BCUT2D eigenvalue weighted by Crippen LogP contribution is -2.56. The quantitative estimate of drug-likeness (QED) is 0.829. The van der Waals surface area contributed by atoms with Gasteiger partial charge in [-0.05, 0) is 46.3 Å². The topological polar surface area (TPSA) is 28.4 Å². The van der Waals surface area contributed by atoms with E-state index in [0.29, 0.717) is 11.6 Å². The Labute approximate surface area is 97.8 Å². The van der Waals surface area contributed by atoms with Crippen molar-refractivity contribution in [3.63, 3.8) is 0 Å². The molecule has 1 N–H and O–H groups in total.